The van der Waals surface area contributed by atoms with Crippen molar-refractivity contribution >= 4 is 5.97 Å². The van der Waals surface area contributed by atoms with E-state index in [2.05, 4.69) is 5.32 Å². The van der Waals surface area contributed by atoms with Crippen LogP contribution in [0, 0.1) is 0 Å². The van der Waals surface area contributed by atoms with E-state index in [1.807, 2.05) is 6.07 Å². The number of rotatable bonds is 4. The highest BCUT2D eigenvalue weighted by Gasteiger charge is 2.52. The lowest BCUT2D eigenvalue weighted by Crippen LogP contribution is -2.43. The molecule has 2 aromatic carbocycles. The molecule has 7 nitrogen and oxygen atoms in total. The maximum absolute atomic E-state index is 12.1. The molecule has 0 aliphatic carbocycles. The highest BCUT2D eigenvalue weighted by molar-refractivity contribution is 5.85. The second-order valence-corrected chi connectivity index (χ2v) is 6.89. The largest absolute Gasteiger partial charge is 0.497 e. The van der Waals surface area contributed by atoms with E-state index in [4.69, 9.17) is 4.74 Å². The van der Waals surface area contributed by atoms with Crippen LogP contribution in [-0.2, 0) is 10.3 Å². The predicted molar refractivity (Wildman–Crippen MR) is 102 cm³/mol. The number of ether oxygens (including phenoxy) is 1. The molecule has 2 heterocycles. The average molecular weight is 380 g/mol. The zero-order chi connectivity index (χ0) is 20.1. The molecule has 0 spiro atoms. The minimum absolute atomic E-state index is 0.155. The Labute approximate surface area is 161 Å². The zero-order valence-electron chi connectivity index (χ0n) is 15.4. The number of nitrogens with one attached hydrogen (secondary N) is 1. The van der Waals surface area contributed by atoms with Gasteiger partial charge < -0.3 is 20.1 Å². The number of aliphatic carboxylic acids is 1. The van der Waals surface area contributed by atoms with Gasteiger partial charge in [-0.2, -0.15) is 0 Å². The van der Waals surface area contributed by atoms with E-state index in [1.54, 1.807) is 55.6 Å². The Bertz CT molecular complexity index is 1040. The van der Waals surface area contributed by atoms with Gasteiger partial charge in [-0.05, 0) is 36.8 Å². The molecule has 1 aliphatic heterocycles. The third kappa shape index (κ3) is 2.44. The summed E-state index contributed by atoms with van der Waals surface area (Å²) in [6.07, 6.45) is 0. The standard InChI is InChI=1S/C21H20N2O5/c1-21(20(26)27)16-15(17(22-21)12-8-10-14(28-2)11-9-12)18(24)23(19(16)25)13-6-4-3-5-7-13/h3-11,17,22,24-25H,1-2H3,(H,26,27)/t17-,21-/m0/s1. The lowest BCUT2D eigenvalue weighted by Gasteiger charge is -2.24. The Morgan fingerprint density at radius 3 is 2.29 bits per heavy atom. The number of fused-ring (bicyclic) bond motifs is 1. The molecule has 0 bridgehead atoms. The maximum Gasteiger partial charge on any atom is 0.328 e. The van der Waals surface area contributed by atoms with E-state index >= 15 is 0 Å². The number of carbonyl (C=O) groups is 1. The van der Waals surface area contributed by atoms with Crippen LogP contribution in [0.2, 0.25) is 0 Å². The fourth-order valence-corrected chi connectivity index (χ4v) is 3.80. The van der Waals surface area contributed by atoms with Crippen LogP contribution in [0.3, 0.4) is 0 Å². The van der Waals surface area contributed by atoms with E-state index < -0.39 is 17.6 Å². The molecule has 0 amide bonds. The van der Waals surface area contributed by atoms with Crippen molar-refractivity contribution in [2.24, 2.45) is 0 Å². The number of para-hydroxylation sites is 1. The highest BCUT2D eigenvalue weighted by atomic mass is 16.5. The second-order valence-electron chi connectivity index (χ2n) is 6.89. The summed E-state index contributed by atoms with van der Waals surface area (Å²) in [4.78, 5) is 12.1. The molecule has 2 atom stereocenters. The fourth-order valence-electron chi connectivity index (χ4n) is 3.80. The van der Waals surface area contributed by atoms with Gasteiger partial charge in [-0.25, -0.2) is 4.79 Å². The molecule has 1 aliphatic rings. The van der Waals surface area contributed by atoms with Crippen LogP contribution >= 0.6 is 0 Å². The number of nitrogens with zero attached hydrogens (tertiary/aromatic N) is 1. The molecule has 28 heavy (non-hydrogen) atoms. The number of carboxylic acid groups (broad SMARTS) is 1. The summed E-state index contributed by atoms with van der Waals surface area (Å²) in [5, 5.41) is 34.8. The quantitative estimate of drug-likeness (QED) is 0.555. The third-order valence-corrected chi connectivity index (χ3v) is 5.27. The van der Waals surface area contributed by atoms with Gasteiger partial charge in [0.25, 0.3) is 0 Å². The molecule has 0 saturated carbocycles. The van der Waals surface area contributed by atoms with Crippen molar-refractivity contribution in [2.75, 3.05) is 7.11 Å². The van der Waals surface area contributed by atoms with Gasteiger partial charge in [0.05, 0.1) is 24.4 Å². The molecular weight excluding hydrogens is 360 g/mol. The van der Waals surface area contributed by atoms with Crippen LogP contribution in [0.5, 0.6) is 17.5 Å². The van der Waals surface area contributed by atoms with Gasteiger partial charge in [-0.15, -0.1) is 0 Å². The van der Waals surface area contributed by atoms with E-state index in [1.165, 1.54) is 11.5 Å². The van der Waals surface area contributed by atoms with E-state index in [0.29, 0.717) is 17.0 Å². The first kappa shape index (κ1) is 17.9. The summed E-state index contributed by atoms with van der Waals surface area (Å²) in [5.41, 5.74) is 0.209. The molecule has 144 valence electrons. The molecule has 0 saturated heterocycles. The number of methoxy groups -OCH3 is 1. The molecule has 0 unspecified atom stereocenters. The van der Waals surface area contributed by atoms with Crippen molar-refractivity contribution in [3.8, 4) is 23.2 Å². The second kappa shape index (κ2) is 6.31. The van der Waals surface area contributed by atoms with Crippen molar-refractivity contribution in [3.63, 3.8) is 0 Å². The third-order valence-electron chi connectivity index (χ3n) is 5.27. The number of aromatic nitrogens is 1. The highest BCUT2D eigenvalue weighted by Crippen LogP contribution is 2.52. The molecule has 3 aromatic rings. The first-order valence-corrected chi connectivity index (χ1v) is 8.76. The summed E-state index contributed by atoms with van der Waals surface area (Å²) in [5.74, 6) is -0.980. The number of hydrogen-bond acceptors (Lipinski definition) is 5. The topological polar surface area (TPSA) is 104 Å². The summed E-state index contributed by atoms with van der Waals surface area (Å²) < 4.78 is 6.44. The molecule has 4 rings (SSSR count). The van der Waals surface area contributed by atoms with Gasteiger partial charge in [0.15, 0.2) is 0 Å². The minimum atomic E-state index is -1.57. The summed E-state index contributed by atoms with van der Waals surface area (Å²) in [6.45, 7) is 1.48. The van der Waals surface area contributed by atoms with E-state index in [9.17, 15) is 20.1 Å². The van der Waals surface area contributed by atoms with Crippen LogP contribution in [-0.4, -0.2) is 33.0 Å². The van der Waals surface area contributed by atoms with Gasteiger partial charge in [-0.1, -0.05) is 30.3 Å². The number of carboxylic acids is 1. The van der Waals surface area contributed by atoms with Crippen LogP contribution in [0.1, 0.15) is 29.7 Å². The van der Waals surface area contributed by atoms with Crippen LogP contribution in [0.25, 0.3) is 5.69 Å². The van der Waals surface area contributed by atoms with Crippen molar-refractivity contribution in [3.05, 3.63) is 71.3 Å². The van der Waals surface area contributed by atoms with Gasteiger partial charge in [0.2, 0.25) is 11.8 Å². The van der Waals surface area contributed by atoms with Crippen LogP contribution in [0.15, 0.2) is 54.6 Å². The molecular formula is C21H20N2O5. The normalized spacial score (nSPS) is 20.7. The van der Waals surface area contributed by atoms with E-state index in [0.717, 1.165) is 5.56 Å². The Balaban J connectivity index is 1.95. The molecule has 1 aromatic heterocycles. The minimum Gasteiger partial charge on any atom is -0.497 e. The van der Waals surface area contributed by atoms with Crippen LogP contribution < -0.4 is 10.1 Å². The molecule has 0 fully saturated rings. The number of benzene rings is 2. The van der Waals surface area contributed by atoms with Crippen LogP contribution in [0.4, 0.5) is 0 Å². The lowest BCUT2D eigenvalue weighted by atomic mass is 9.94. The van der Waals surface area contributed by atoms with Gasteiger partial charge in [-0.3, -0.25) is 9.88 Å². The van der Waals surface area contributed by atoms with Crippen molar-refractivity contribution < 1.29 is 24.9 Å². The predicted octanol–water partition coefficient (Wildman–Crippen LogP) is 2.89. The smallest absolute Gasteiger partial charge is 0.328 e. The number of hydrogen-bond donors (Lipinski definition) is 4. The SMILES string of the molecule is COc1ccc([C@@H]2N[C@](C)(C(=O)O)c3c2c(O)n(-c2ccccc2)c3O)cc1. The Morgan fingerprint density at radius 2 is 1.71 bits per heavy atom. The van der Waals surface area contributed by atoms with Crippen molar-refractivity contribution in [1.82, 2.24) is 9.88 Å². The lowest BCUT2D eigenvalue weighted by molar-refractivity contribution is -0.144. The molecule has 4 N–H and O–H groups in total. The van der Waals surface area contributed by atoms with E-state index in [-0.39, 0.29) is 17.3 Å². The molecule has 0 radical (unpaired) electrons. The summed E-state index contributed by atoms with van der Waals surface area (Å²) in [6, 6.07) is 15.3. The Morgan fingerprint density at radius 1 is 1.07 bits per heavy atom. The fraction of sp³-hybridized carbons (Fsp3) is 0.190. The Kier molecular flexibility index (Phi) is 4.05. The number of aromatic hydroxyl groups is 2. The van der Waals surface area contributed by atoms with Crippen molar-refractivity contribution in [2.45, 2.75) is 18.5 Å². The first-order chi connectivity index (χ1) is 13.4. The zero-order valence-corrected chi connectivity index (χ0v) is 15.4. The Hall–Kier alpha value is -3.45. The monoisotopic (exact) mass is 380 g/mol. The average Bonchev–Trinajstić information content (AvgIpc) is 3.17. The van der Waals surface area contributed by atoms with Crippen molar-refractivity contribution in [1.29, 1.82) is 0 Å². The molecule has 7 heteroatoms. The maximum atomic E-state index is 12.1. The summed E-state index contributed by atoms with van der Waals surface area (Å²) >= 11 is 0. The van der Waals surface area contributed by atoms with Gasteiger partial charge in [0.1, 0.15) is 11.3 Å². The summed E-state index contributed by atoms with van der Waals surface area (Å²) in [7, 11) is 1.56. The van der Waals surface area contributed by atoms with Gasteiger partial charge in [0, 0.05) is 5.56 Å². The first-order valence-electron chi connectivity index (χ1n) is 8.76. The van der Waals surface area contributed by atoms with Gasteiger partial charge >= 0.3 is 5.97 Å².